The molecule has 2 aromatic heterocycles. The molecule has 2 heterocycles. The van der Waals surface area contributed by atoms with Crippen molar-refractivity contribution in [1.82, 2.24) is 14.5 Å². The van der Waals surface area contributed by atoms with Crippen molar-refractivity contribution >= 4 is 55.8 Å². The quantitative estimate of drug-likeness (QED) is 0.386. The van der Waals surface area contributed by atoms with Gasteiger partial charge in [0.2, 0.25) is 5.91 Å². The number of aromatic nitrogens is 3. The van der Waals surface area contributed by atoms with Gasteiger partial charge in [0.25, 0.3) is 5.56 Å². The van der Waals surface area contributed by atoms with Crippen LogP contribution in [0.25, 0.3) is 26.7 Å². The summed E-state index contributed by atoms with van der Waals surface area (Å²) in [5, 5.41) is 4.48. The van der Waals surface area contributed by atoms with Crippen molar-refractivity contribution in [2.24, 2.45) is 0 Å². The third kappa shape index (κ3) is 3.95. The summed E-state index contributed by atoms with van der Waals surface area (Å²) in [6, 6.07) is 22.1. The van der Waals surface area contributed by atoms with E-state index in [0.29, 0.717) is 5.69 Å². The van der Waals surface area contributed by atoms with E-state index in [1.165, 1.54) is 33.7 Å². The monoisotopic (exact) mass is 460 g/mol. The summed E-state index contributed by atoms with van der Waals surface area (Å²) in [5.74, 6) is -0.130. The molecule has 3 aromatic carbocycles. The maximum absolute atomic E-state index is 12.7. The van der Waals surface area contributed by atoms with Gasteiger partial charge in [-0.15, -0.1) is 11.3 Å². The molecule has 0 aliphatic heterocycles. The number of thiazole rings is 1. The number of anilines is 1. The summed E-state index contributed by atoms with van der Waals surface area (Å²) in [6.45, 7) is 0. The second-order valence-corrected chi connectivity index (χ2v) is 9.20. The van der Waals surface area contributed by atoms with E-state index >= 15 is 0 Å². The molecule has 5 rings (SSSR count). The van der Waals surface area contributed by atoms with Gasteiger partial charge in [-0.2, -0.15) is 0 Å². The van der Waals surface area contributed by atoms with Gasteiger partial charge in [0.1, 0.15) is 5.82 Å². The molecule has 0 saturated carbocycles. The molecule has 0 bridgehead atoms. The van der Waals surface area contributed by atoms with Gasteiger partial charge in [0.05, 0.1) is 21.7 Å². The van der Waals surface area contributed by atoms with Crippen LogP contribution in [0.3, 0.4) is 0 Å². The number of H-pyrrole nitrogens is 1. The average Bonchev–Trinajstić information content (AvgIpc) is 3.20. The number of benzene rings is 3. The molecular formula is C23H16N4O3S2. The summed E-state index contributed by atoms with van der Waals surface area (Å²) < 4.78 is 3.14. The number of amides is 1. The van der Waals surface area contributed by atoms with Crippen molar-refractivity contribution in [1.29, 1.82) is 0 Å². The molecule has 7 nitrogen and oxygen atoms in total. The van der Waals surface area contributed by atoms with Crippen LogP contribution in [0.2, 0.25) is 0 Å². The number of thioether (sulfide) groups is 1. The van der Waals surface area contributed by atoms with E-state index in [0.717, 1.165) is 25.3 Å². The van der Waals surface area contributed by atoms with E-state index in [9.17, 15) is 14.4 Å². The number of hydrogen-bond donors (Lipinski definition) is 2. The zero-order chi connectivity index (χ0) is 22.1. The van der Waals surface area contributed by atoms with Crippen LogP contribution in [-0.2, 0) is 4.79 Å². The second kappa shape index (κ2) is 8.45. The first-order valence-electron chi connectivity index (χ1n) is 9.71. The van der Waals surface area contributed by atoms with Gasteiger partial charge in [0.15, 0.2) is 4.34 Å². The Labute approximate surface area is 189 Å². The van der Waals surface area contributed by atoms with E-state index < -0.39 is 11.2 Å². The molecule has 0 radical (unpaired) electrons. The fraction of sp³-hybridized carbons (Fsp3) is 0.0435. The molecule has 0 spiro atoms. The van der Waals surface area contributed by atoms with Gasteiger partial charge in [-0.25, -0.2) is 14.3 Å². The van der Waals surface area contributed by atoms with Crippen molar-refractivity contribution < 1.29 is 4.79 Å². The number of nitrogens with one attached hydrogen (secondary N) is 2. The molecule has 0 unspecified atom stereocenters. The minimum Gasteiger partial charge on any atom is -0.311 e. The molecule has 0 saturated heterocycles. The lowest BCUT2D eigenvalue weighted by Gasteiger charge is -2.14. The number of hydrogen-bond acceptors (Lipinski definition) is 6. The number of fused-ring (bicyclic) bond motifs is 2. The van der Waals surface area contributed by atoms with Crippen molar-refractivity contribution in [3.05, 3.63) is 93.6 Å². The molecule has 1 amide bonds. The van der Waals surface area contributed by atoms with E-state index in [1.807, 2.05) is 60.7 Å². The molecular weight excluding hydrogens is 444 g/mol. The summed E-state index contributed by atoms with van der Waals surface area (Å²) in [4.78, 5) is 44.2. The van der Waals surface area contributed by atoms with Gasteiger partial charge >= 0.3 is 5.69 Å². The van der Waals surface area contributed by atoms with E-state index in [4.69, 9.17) is 0 Å². The predicted octanol–water partition coefficient (Wildman–Crippen LogP) is 4.02. The Morgan fingerprint density at radius 1 is 1.03 bits per heavy atom. The minimum absolute atomic E-state index is 0.0936. The maximum Gasteiger partial charge on any atom is 0.334 e. The first-order chi connectivity index (χ1) is 15.6. The summed E-state index contributed by atoms with van der Waals surface area (Å²) in [6.07, 6.45) is 0. The molecule has 9 heteroatoms. The first-order valence-corrected chi connectivity index (χ1v) is 11.5. The smallest absolute Gasteiger partial charge is 0.311 e. The lowest BCUT2D eigenvalue weighted by Crippen LogP contribution is -2.32. The third-order valence-corrected chi connectivity index (χ3v) is 7.00. The molecule has 0 atom stereocenters. The summed E-state index contributed by atoms with van der Waals surface area (Å²) in [5.41, 5.74) is 0.252. The lowest BCUT2D eigenvalue weighted by atomic mass is 10.1. The molecule has 32 heavy (non-hydrogen) atoms. The average molecular weight is 461 g/mol. The van der Waals surface area contributed by atoms with Crippen LogP contribution in [-0.4, -0.2) is 26.2 Å². The van der Waals surface area contributed by atoms with Crippen LogP contribution in [0.4, 0.5) is 5.82 Å². The Hall–Kier alpha value is -3.69. The summed E-state index contributed by atoms with van der Waals surface area (Å²) in [7, 11) is 0. The van der Waals surface area contributed by atoms with Gasteiger partial charge in [-0.1, -0.05) is 60.3 Å². The molecule has 158 valence electrons. The maximum atomic E-state index is 12.7. The Morgan fingerprint density at radius 2 is 1.81 bits per heavy atom. The van der Waals surface area contributed by atoms with Crippen LogP contribution in [0.15, 0.2) is 86.7 Å². The van der Waals surface area contributed by atoms with Crippen LogP contribution in [0.5, 0.6) is 0 Å². The highest BCUT2D eigenvalue weighted by atomic mass is 32.2. The van der Waals surface area contributed by atoms with Crippen molar-refractivity contribution in [2.45, 2.75) is 4.34 Å². The number of rotatable bonds is 5. The molecule has 2 N–H and O–H groups in total. The zero-order valence-corrected chi connectivity index (χ0v) is 18.2. The van der Waals surface area contributed by atoms with E-state index in [2.05, 4.69) is 15.3 Å². The van der Waals surface area contributed by atoms with Crippen molar-refractivity contribution in [3.8, 4) is 5.69 Å². The van der Waals surface area contributed by atoms with E-state index in [1.54, 1.807) is 6.07 Å². The fourth-order valence-electron chi connectivity index (χ4n) is 3.45. The SMILES string of the molecule is O=C(CSc1nc2ccccc2s1)Nc1cc(=O)[nH]c(=O)n1-c1cccc2ccccc12. The molecule has 0 fully saturated rings. The lowest BCUT2D eigenvalue weighted by molar-refractivity contribution is -0.113. The molecule has 5 aromatic rings. The molecule has 0 aliphatic carbocycles. The number of para-hydroxylation sites is 1. The number of aromatic amines is 1. The van der Waals surface area contributed by atoms with Gasteiger partial charge in [0, 0.05) is 11.5 Å². The van der Waals surface area contributed by atoms with Crippen LogP contribution in [0, 0.1) is 0 Å². The normalized spacial score (nSPS) is 11.1. The Bertz CT molecular complexity index is 1550. The second-order valence-electron chi connectivity index (χ2n) is 6.94. The highest BCUT2D eigenvalue weighted by Crippen LogP contribution is 2.29. The number of nitrogens with zero attached hydrogens (tertiary/aromatic N) is 2. The Kier molecular flexibility index (Phi) is 5.34. The van der Waals surface area contributed by atoms with Crippen LogP contribution < -0.4 is 16.6 Å². The molecule has 0 aliphatic rings. The number of carbonyl (C=O) groups excluding carboxylic acids is 1. The minimum atomic E-state index is -0.622. The standard InChI is InChI=1S/C23H16N4O3S2/c28-20-12-19(25-21(29)13-31-23-24-16-9-3-4-11-18(16)32-23)27(22(30)26-20)17-10-5-7-14-6-1-2-8-15(14)17/h1-12H,13H2,(H,25,29)(H,26,28,30). The topological polar surface area (TPSA) is 96.8 Å². The van der Waals surface area contributed by atoms with Crippen LogP contribution in [0.1, 0.15) is 0 Å². The fourth-order valence-corrected chi connectivity index (χ4v) is 5.32. The van der Waals surface area contributed by atoms with E-state index in [-0.39, 0.29) is 17.5 Å². The van der Waals surface area contributed by atoms with Crippen LogP contribution >= 0.6 is 23.1 Å². The van der Waals surface area contributed by atoms with Crippen molar-refractivity contribution in [3.63, 3.8) is 0 Å². The number of carbonyl (C=O) groups is 1. The highest BCUT2D eigenvalue weighted by Gasteiger charge is 2.14. The Balaban J connectivity index is 1.45. The van der Waals surface area contributed by atoms with Gasteiger partial charge < -0.3 is 5.32 Å². The first kappa shape index (κ1) is 20.2. The largest absolute Gasteiger partial charge is 0.334 e. The van der Waals surface area contributed by atoms with Crippen molar-refractivity contribution in [2.75, 3.05) is 11.1 Å². The van der Waals surface area contributed by atoms with Gasteiger partial charge in [-0.05, 0) is 23.6 Å². The van der Waals surface area contributed by atoms with Gasteiger partial charge in [-0.3, -0.25) is 14.6 Å². The third-order valence-electron chi connectivity index (χ3n) is 4.82. The summed E-state index contributed by atoms with van der Waals surface area (Å²) >= 11 is 2.82. The predicted molar refractivity (Wildman–Crippen MR) is 129 cm³/mol. The zero-order valence-electron chi connectivity index (χ0n) is 16.6. The highest BCUT2D eigenvalue weighted by molar-refractivity contribution is 8.01. The Morgan fingerprint density at radius 3 is 2.69 bits per heavy atom.